The first-order valence-electron chi connectivity index (χ1n) is 9.83. The number of hydrogen-bond acceptors (Lipinski definition) is 5. The molecule has 0 bridgehead atoms. The summed E-state index contributed by atoms with van der Waals surface area (Å²) < 4.78 is 16.0. The number of methoxy groups -OCH3 is 1. The Morgan fingerprint density at radius 2 is 2.04 bits per heavy atom. The highest BCUT2D eigenvalue weighted by Crippen LogP contribution is 2.32. The van der Waals surface area contributed by atoms with Gasteiger partial charge in [0.1, 0.15) is 0 Å². The zero-order valence-electron chi connectivity index (χ0n) is 16.5. The van der Waals surface area contributed by atoms with Crippen LogP contribution in [-0.4, -0.2) is 71.1 Å². The molecule has 0 spiro atoms. The third-order valence-electron chi connectivity index (χ3n) is 5.24. The van der Waals surface area contributed by atoms with Crippen molar-refractivity contribution in [3.8, 4) is 11.5 Å². The Bertz CT molecular complexity index is 615. The number of nitrogens with one attached hydrogen (secondary N) is 2. The monoisotopic (exact) mass is 376 g/mol. The van der Waals surface area contributed by atoms with E-state index in [2.05, 4.69) is 32.7 Å². The van der Waals surface area contributed by atoms with Gasteiger partial charge in [-0.2, -0.15) is 0 Å². The zero-order valence-corrected chi connectivity index (χ0v) is 16.5. The lowest BCUT2D eigenvalue weighted by Gasteiger charge is -2.32. The number of rotatable bonds is 8. The van der Waals surface area contributed by atoms with Crippen molar-refractivity contribution in [2.45, 2.75) is 19.3 Å². The van der Waals surface area contributed by atoms with Crippen molar-refractivity contribution < 1.29 is 14.2 Å². The molecule has 150 valence electrons. The number of fused-ring (bicyclic) bond motifs is 1. The maximum atomic E-state index is 5.43. The number of guanidine groups is 1. The van der Waals surface area contributed by atoms with Gasteiger partial charge in [0, 0.05) is 33.8 Å². The molecule has 1 saturated heterocycles. The molecule has 0 radical (unpaired) electrons. The quantitative estimate of drug-likeness (QED) is 0.529. The van der Waals surface area contributed by atoms with Crippen LogP contribution in [0.25, 0.3) is 0 Å². The molecular formula is C20H32N4O3. The molecule has 0 aromatic heterocycles. The second-order valence-corrected chi connectivity index (χ2v) is 7.10. The molecule has 2 aliphatic rings. The predicted molar refractivity (Wildman–Crippen MR) is 107 cm³/mol. The highest BCUT2D eigenvalue weighted by molar-refractivity contribution is 5.79. The molecule has 0 atom stereocenters. The summed E-state index contributed by atoms with van der Waals surface area (Å²) in [6.07, 6.45) is 3.37. The van der Waals surface area contributed by atoms with E-state index in [9.17, 15) is 0 Å². The summed E-state index contributed by atoms with van der Waals surface area (Å²) in [6, 6.07) is 6.12. The van der Waals surface area contributed by atoms with Gasteiger partial charge in [-0.3, -0.25) is 4.99 Å². The topological polar surface area (TPSA) is 67.4 Å². The van der Waals surface area contributed by atoms with Crippen LogP contribution in [0.3, 0.4) is 0 Å². The second-order valence-electron chi connectivity index (χ2n) is 7.10. The van der Waals surface area contributed by atoms with Crippen molar-refractivity contribution in [1.29, 1.82) is 0 Å². The summed E-state index contributed by atoms with van der Waals surface area (Å²) in [5.41, 5.74) is 1.23. The first-order chi connectivity index (χ1) is 13.3. The summed E-state index contributed by atoms with van der Waals surface area (Å²) in [5, 5.41) is 6.88. The lowest BCUT2D eigenvalue weighted by Crippen LogP contribution is -2.43. The van der Waals surface area contributed by atoms with Crippen LogP contribution in [0.15, 0.2) is 23.2 Å². The first kappa shape index (κ1) is 19.8. The molecule has 1 aromatic rings. The number of aliphatic imine (C=N–C) groups is 1. The van der Waals surface area contributed by atoms with Crippen molar-refractivity contribution in [2.24, 2.45) is 10.9 Å². The van der Waals surface area contributed by atoms with Crippen molar-refractivity contribution in [2.75, 3.05) is 60.3 Å². The van der Waals surface area contributed by atoms with Gasteiger partial charge in [-0.25, -0.2) is 0 Å². The SMILES string of the molecule is CN=C(NCCc1ccc2c(c1)OCO2)NCC1CCN(CCOC)CC1. The average molecular weight is 377 g/mol. The van der Waals surface area contributed by atoms with Crippen LogP contribution in [0.1, 0.15) is 18.4 Å². The number of ether oxygens (including phenoxy) is 3. The zero-order chi connectivity index (χ0) is 18.9. The standard InChI is InChI=1S/C20H32N4O3/c1-21-20(23-14-17-6-9-24(10-7-17)11-12-25-2)22-8-5-16-3-4-18-19(13-16)27-15-26-18/h3-4,13,17H,5-12,14-15H2,1-2H3,(H2,21,22,23). The van der Waals surface area contributed by atoms with Gasteiger partial charge in [-0.05, 0) is 56.0 Å². The molecule has 0 saturated carbocycles. The number of benzene rings is 1. The van der Waals surface area contributed by atoms with E-state index in [0.717, 1.165) is 63.2 Å². The van der Waals surface area contributed by atoms with Crippen LogP contribution in [0, 0.1) is 5.92 Å². The molecule has 2 N–H and O–H groups in total. The molecule has 2 aliphatic heterocycles. The maximum absolute atomic E-state index is 5.43. The van der Waals surface area contributed by atoms with Crippen LogP contribution in [0.2, 0.25) is 0 Å². The highest BCUT2D eigenvalue weighted by Gasteiger charge is 2.19. The first-order valence-corrected chi connectivity index (χ1v) is 9.83. The summed E-state index contributed by atoms with van der Waals surface area (Å²) in [4.78, 5) is 6.82. The summed E-state index contributed by atoms with van der Waals surface area (Å²) >= 11 is 0. The Morgan fingerprint density at radius 1 is 1.22 bits per heavy atom. The van der Waals surface area contributed by atoms with Crippen molar-refractivity contribution >= 4 is 5.96 Å². The van der Waals surface area contributed by atoms with Crippen LogP contribution >= 0.6 is 0 Å². The van der Waals surface area contributed by atoms with Crippen molar-refractivity contribution in [1.82, 2.24) is 15.5 Å². The summed E-state index contributed by atoms with van der Waals surface area (Å²) in [5.74, 6) is 3.25. The molecular weight excluding hydrogens is 344 g/mol. The fourth-order valence-electron chi connectivity index (χ4n) is 3.52. The fraction of sp³-hybridized carbons (Fsp3) is 0.650. The number of hydrogen-bond donors (Lipinski definition) is 2. The van der Waals surface area contributed by atoms with E-state index in [-0.39, 0.29) is 0 Å². The van der Waals surface area contributed by atoms with E-state index < -0.39 is 0 Å². The second kappa shape index (κ2) is 10.4. The summed E-state index contributed by atoms with van der Waals surface area (Å²) in [7, 11) is 3.59. The molecule has 0 amide bonds. The number of likely N-dealkylation sites (tertiary alicyclic amines) is 1. The maximum Gasteiger partial charge on any atom is 0.231 e. The van der Waals surface area contributed by atoms with Gasteiger partial charge in [-0.1, -0.05) is 6.07 Å². The van der Waals surface area contributed by atoms with Gasteiger partial charge in [0.2, 0.25) is 6.79 Å². The minimum Gasteiger partial charge on any atom is -0.454 e. The van der Waals surface area contributed by atoms with Crippen LogP contribution in [-0.2, 0) is 11.2 Å². The highest BCUT2D eigenvalue weighted by atomic mass is 16.7. The minimum absolute atomic E-state index is 0.318. The van der Waals surface area contributed by atoms with Gasteiger partial charge in [0.25, 0.3) is 0 Å². The lowest BCUT2D eigenvalue weighted by atomic mass is 9.97. The molecule has 7 nitrogen and oxygen atoms in total. The van der Waals surface area contributed by atoms with Crippen LogP contribution in [0.4, 0.5) is 0 Å². The summed E-state index contributed by atoms with van der Waals surface area (Å²) in [6.45, 7) is 6.30. The Labute approximate surface area is 162 Å². The molecule has 0 aliphatic carbocycles. The molecule has 1 aromatic carbocycles. The minimum atomic E-state index is 0.318. The van der Waals surface area contributed by atoms with Gasteiger partial charge in [-0.15, -0.1) is 0 Å². The Hall–Kier alpha value is -1.99. The van der Waals surface area contributed by atoms with E-state index in [4.69, 9.17) is 14.2 Å². The third-order valence-corrected chi connectivity index (χ3v) is 5.24. The van der Waals surface area contributed by atoms with Gasteiger partial charge >= 0.3 is 0 Å². The Morgan fingerprint density at radius 3 is 2.81 bits per heavy atom. The smallest absolute Gasteiger partial charge is 0.231 e. The average Bonchev–Trinajstić information content (AvgIpc) is 3.17. The third kappa shape index (κ3) is 6.01. The van der Waals surface area contributed by atoms with E-state index >= 15 is 0 Å². The lowest BCUT2D eigenvalue weighted by molar-refractivity contribution is 0.121. The van der Waals surface area contributed by atoms with Gasteiger partial charge < -0.3 is 29.7 Å². The number of piperidine rings is 1. The Kier molecular flexibility index (Phi) is 7.59. The van der Waals surface area contributed by atoms with Crippen LogP contribution in [0.5, 0.6) is 11.5 Å². The molecule has 3 rings (SSSR count). The largest absolute Gasteiger partial charge is 0.454 e. The molecule has 0 unspecified atom stereocenters. The fourth-order valence-corrected chi connectivity index (χ4v) is 3.52. The normalized spacial score (nSPS) is 17.9. The molecule has 2 heterocycles. The van der Waals surface area contributed by atoms with E-state index in [1.165, 1.54) is 18.4 Å². The van der Waals surface area contributed by atoms with Crippen molar-refractivity contribution in [3.63, 3.8) is 0 Å². The van der Waals surface area contributed by atoms with Crippen LogP contribution < -0.4 is 20.1 Å². The van der Waals surface area contributed by atoms with E-state index in [1.54, 1.807) is 7.11 Å². The molecule has 27 heavy (non-hydrogen) atoms. The predicted octanol–water partition coefficient (Wildman–Crippen LogP) is 1.48. The van der Waals surface area contributed by atoms with Gasteiger partial charge in [0.15, 0.2) is 17.5 Å². The van der Waals surface area contributed by atoms with Gasteiger partial charge in [0.05, 0.1) is 6.61 Å². The Balaban J connectivity index is 1.33. The molecule has 1 fully saturated rings. The number of nitrogens with zero attached hydrogens (tertiary/aromatic N) is 2. The van der Waals surface area contributed by atoms with E-state index in [1.807, 2.05) is 13.1 Å². The van der Waals surface area contributed by atoms with Crippen molar-refractivity contribution in [3.05, 3.63) is 23.8 Å². The van der Waals surface area contributed by atoms with E-state index in [0.29, 0.717) is 12.7 Å². The molecule has 7 heteroatoms.